The number of hydrogen-bond donors (Lipinski definition) is 0. The highest BCUT2D eigenvalue weighted by molar-refractivity contribution is 7.78. The lowest BCUT2D eigenvalue weighted by atomic mass is 10.0. The van der Waals surface area contributed by atoms with Crippen LogP contribution in [0, 0.1) is 0 Å². The fraction of sp³-hybridized carbons (Fsp3) is 0.400. The van der Waals surface area contributed by atoms with Gasteiger partial charge in [0.2, 0.25) is 7.65 Å². The van der Waals surface area contributed by atoms with Gasteiger partial charge < -0.3 is 4.52 Å². The molecule has 0 spiro atoms. The molecular weight excluding hydrogens is 217 g/mol. The van der Waals surface area contributed by atoms with Crippen molar-refractivity contribution in [3.63, 3.8) is 0 Å². The molecule has 1 fully saturated rings. The van der Waals surface area contributed by atoms with Crippen molar-refractivity contribution < 1.29 is 4.52 Å². The molecule has 76 valence electrons. The highest BCUT2D eigenvalue weighted by Crippen LogP contribution is 2.58. The maximum Gasteiger partial charge on any atom is 0.207 e. The predicted molar refractivity (Wildman–Crippen MR) is 60.3 cm³/mol. The molecule has 0 radical (unpaired) electrons. The summed E-state index contributed by atoms with van der Waals surface area (Å²) < 4.78 is 7.82. The van der Waals surface area contributed by atoms with Gasteiger partial charge in [-0.05, 0) is 30.8 Å². The molecule has 0 aliphatic carbocycles. The van der Waals surface area contributed by atoms with Crippen LogP contribution < -0.4 is 0 Å². The molecule has 1 aromatic carbocycles. The summed E-state index contributed by atoms with van der Waals surface area (Å²) in [6, 6.07) is 10.6. The normalized spacial score (nSPS) is 33.5. The third-order valence-electron chi connectivity index (χ3n) is 2.60. The number of benzene rings is 1. The molecule has 4 heteroatoms. The van der Waals surface area contributed by atoms with Gasteiger partial charge >= 0.3 is 0 Å². The third-order valence-corrected chi connectivity index (χ3v) is 4.82. The number of halogens is 1. The van der Waals surface area contributed by atoms with E-state index in [1.165, 1.54) is 5.56 Å². The van der Waals surface area contributed by atoms with Crippen molar-refractivity contribution in [1.82, 2.24) is 4.67 Å². The molecule has 2 nitrogen and oxygen atoms in total. The van der Waals surface area contributed by atoms with Crippen molar-refractivity contribution in [2.75, 3.05) is 7.05 Å². The quantitative estimate of drug-likeness (QED) is 0.683. The molecule has 0 aromatic heterocycles. The third kappa shape index (κ3) is 1.80. The van der Waals surface area contributed by atoms with E-state index in [1.54, 1.807) is 0 Å². The van der Waals surface area contributed by atoms with Gasteiger partial charge in [-0.1, -0.05) is 30.3 Å². The van der Waals surface area contributed by atoms with Gasteiger partial charge in [0.1, 0.15) is 6.10 Å². The zero-order valence-corrected chi connectivity index (χ0v) is 9.87. The van der Waals surface area contributed by atoms with E-state index in [-0.39, 0.29) is 6.10 Å². The Hall–Kier alpha value is -0.140. The van der Waals surface area contributed by atoms with E-state index in [0.29, 0.717) is 6.04 Å². The lowest BCUT2D eigenvalue weighted by molar-refractivity contribution is 0.219. The average Bonchev–Trinajstić information content (AvgIpc) is 2.47. The number of likely N-dealkylation sites (N-methyl/N-ethyl adjacent to an activating group) is 1. The van der Waals surface area contributed by atoms with E-state index >= 15 is 0 Å². The van der Waals surface area contributed by atoms with Crippen molar-refractivity contribution in [2.45, 2.75) is 19.1 Å². The Morgan fingerprint density at radius 2 is 2.00 bits per heavy atom. The molecule has 1 saturated heterocycles. The fourth-order valence-corrected chi connectivity index (χ4v) is 3.29. The minimum absolute atomic E-state index is 0.116. The zero-order valence-electron chi connectivity index (χ0n) is 8.22. The van der Waals surface area contributed by atoms with Crippen molar-refractivity contribution in [3.05, 3.63) is 35.9 Å². The largest absolute Gasteiger partial charge is 0.322 e. The summed E-state index contributed by atoms with van der Waals surface area (Å²) in [5.74, 6) is 0. The molecule has 1 aliphatic heterocycles. The molecule has 1 aromatic rings. The van der Waals surface area contributed by atoms with Crippen LogP contribution in [-0.4, -0.2) is 17.8 Å². The second kappa shape index (κ2) is 4.16. The van der Waals surface area contributed by atoms with E-state index in [0.717, 1.165) is 0 Å². The Morgan fingerprint density at radius 3 is 2.50 bits per heavy atom. The lowest BCUT2D eigenvalue weighted by Gasteiger charge is -2.17. The summed E-state index contributed by atoms with van der Waals surface area (Å²) in [6.45, 7) is 2.14. The van der Waals surface area contributed by atoms with Crippen LogP contribution in [0.1, 0.15) is 18.6 Å². The molecule has 1 heterocycles. The molecule has 3 atom stereocenters. The average molecular weight is 230 g/mol. The first-order valence-electron chi connectivity index (χ1n) is 4.60. The summed E-state index contributed by atoms with van der Waals surface area (Å²) in [4.78, 5) is 0. The summed E-state index contributed by atoms with van der Waals surface area (Å²) in [5, 5.41) is 0. The van der Waals surface area contributed by atoms with E-state index in [9.17, 15) is 0 Å². The topological polar surface area (TPSA) is 12.5 Å². The van der Waals surface area contributed by atoms with Gasteiger partial charge in [0, 0.05) is 6.04 Å². The van der Waals surface area contributed by atoms with Gasteiger partial charge in [-0.3, -0.25) is 0 Å². The van der Waals surface area contributed by atoms with E-state index in [1.807, 2.05) is 25.2 Å². The van der Waals surface area contributed by atoms with Crippen molar-refractivity contribution >= 4 is 18.9 Å². The molecular formula is C10H13ClNOP. The standard InChI is InChI=1S/C10H13ClNOP/c1-8-10(13-14(11)12(8)2)9-6-4-3-5-7-9/h3-8,10H,1-2H3/t8-,10-,14?/m1/s1. The molecule has 0 bridgehead atoms. The van der Waals surface area contributed by atoms with Crippen LogP contribution in [0.15, 0.2) is 30.3 Å². The fourth-order valence-electron chi connectivity index (χ4n) is 1.58. The smallest absolute Gasteiger partial charge is 0.207 e. The highest BCUT2D eigenvalue weighted by Gasteiger charge is 2.37. The Labute approximate surface area is 90.5 Å². The SMILES string of the molecule is C[C@@H]1[C@H](c2ccccc2)OP(Cl)N1C. The number of rotatable bonds is 1. The van der Waals surface area contributed by atoms with Gasteiger partial charge in [0.25, 0.3) is 0 Å². The Morgan fingerprint density at radius 1 is 1.36 bits per heavy atom. The van der Waals surface area contributed by atoms with Crippen LogP contribution in [0.2, 0.25) is 0 Å². The first kappa shape index (κ1) is 10.4. The summed E-state index contributed by atoms with van der Waals surface area (Å²) >= 11 is 6.07. The van der Waals surface area contributed by atoms with Crippen LogP contribution in [0.3, 0.4) is 0 Å². The number of hydrogen-bond acceptors (Lipinski definition) is 2. The van der Waals surface area contributed by atoms with Gasteiger partial charge in [-0.2, -0.15) is 0 Å². The van der Waals surface area contributed by atoms with Gasteiger partial charge in [0.15, 0.2) is 0 Å². The predicted octanol–water partition coefficient (Wildman–Crippen LogP) is 3.54. The lowest BCUT2D eigenvalue weighted by Crippen LogP contribution is -2.21. The second-order valence-corrected chi connectivity index (χ2v) is 5.64. The molecule has 0 saturated carbocycles. The number of nitrogens with zero attached hydrogens (tertiary/aromatic N) is 1. The van der Waals surface area contributed by atoms with Gasteiger partial charge in [-0.25, -0.2) is 4.67 Å². The van der Waals surface area contributed by atoms with Gasteiger partial charge in [-0.15, -0.1) is 0 Å². The van der Waals surface area contributed by atoms with Crippen LogP contribution in [0.4, 0.5) is 0 Å². The summed E-state index contributed by atoms with van der Waals surface area (Å²) in [6.07, 6.45) is 0.116. The highest BCUT2D eigenvalue weighted by atomic mass is 35.7. The van der Waals surface area contributed by atoms with Gasteiger partial charge in [0.05, 0.1) is 0 Å². The second-order valence-electron chi connectivity index (χ2n) is 3.48. The Kier molecular flexibility index (Phi) is 3.08. The molecule has 0 amide bonds. The van der Waals surface area contributed by atoms with Crippen LogP contribution in [-0.2, 0) is 4.52 Å². The van der Waals surface area contributed by atoms with Crippen molar-refractivity contribution in [1.29, 1.82) is 0 Å². The molecule has 1 unspecified atom stereocenters. The maximum atomic E-state index is 6.07. The Balaban J connectivity index is 2.21. The van der Waals surface area contributed by atoms with Crippen LogP contribution >= 0.6 is 18.9 Å². The van der Waals surface area contributed by atoms with E-state index in [4.69, 9.17) is 15.8 Å². The van der Waals surface area contributed by atoms with Crippen LogP contribution in [0.25, 0.3) is 0 Å². The summed E-state index contributed by atoms with van der Waals surface area (Å²) in [7, 11) is 1.08. The maximum absolute atomic E-state index is 6.07. The molecule has 2 rings (SSSR count). The van der Waals surface area contributed by atoms with Crippen LogP contribution in [0.5, 0.6) is 0 Å². The van der Waals surface area contributed by atoms with Crippen molar-refractivity contribution in [3.8, 4) is 0 Å². The summed E-state index contributed by atoms with van der Waals surface area (Å²) in [5.41, 5.74) is 1.21. The minimum atomic E-state index is -0.923. The first-order valence-corrected chi connectivity index (χ1v) is 6.72. The molecule has 1 aliphatic rings. The van der Waals surface area contributed by atoms with Crippen molar-refractivity contribution in [2.24, 2.45) is 0 Å². The molecule has 14 heavy (non-hydrogen) atoms. The minimum Gasteiger partial charge on any atom is -0.322 e. The molecule has 0 N–H and O–H groups in total. The zero-order chi connectivity index (χ0) is 10.1. The Bertz CT molecular complexity index is 308. The monoisotopic (exact) mass is 229 g/mol. The first-order chi connectivity index (χ1) is 6.70. The van der Waals surface area contributed by atoms with E-state index < -0.39 is 7.65 Å². The van der Waals surface area contributed by atoms with E-state index in [2.05, 4.69) is 23.7 Å².